The Balaban J connectivity index is 2.29. The maximum absolute atomic E-state index is 13.4. The second-order valence-corrected chi connectivity index (χ2v) is 12.1. The second-order valence-electron chi connectivity index (χ2n) is 12.1. The van der Waals surface area contributed by atoms with Gasteiger partial charge in [-0.25, -0.2) is 4.79 Å². The van der Waals surface area contributed by atoms with Gasteiger partial charge in [0.25, 0.3) is 0 Å². The van der Waals surface area contributed by atoms with Crippen LogP contribution in [-0.2, 0) is 14.3 Å². The van der Waals surface area contributed by atoms with Gasteiger partial charge in [-0.05, 0) is 59.3 Å². The molecule has 0 N–H and O–H groups in total. The number of nitrogens with zero attached hydrogens (tertiary/aromatic N) is 2. The molecule has 192 valence electrons. The number of carbonyl (C=O) groups excluding carboxylic acids is 2. The van der Waals surface area contributed by atoms with E-state index in [0.717, 1.165) is 25.8 Å². The third-order valence-electron chi connectivity index (χ3n) is 6.79. The molecule has 0 aromatic carbocycles. The highest BCUT2D eigenvalue weighted by atomic mass is 16.6. The zero-order chi connectivity index (χ0) is 24.8. The maximum Gasteiger partial charge on any atom is 0.412 e. The van der Waals surface area contributed by atoms with Crippen LogP contribution in [0.3, 0.4) is 0 Å². The van der Waals surface area contributed by atoms with Crippen LogP contribution in [0.1, 0.15) is 113 Å². The van der Waals surface area contributed by atoms with Crippen LogP contribution in [0.15, 0.2) is 0 Å². The lowest BCUT2D eigenvalue weighted by Crippen LogP contribution is -2.51. The summed E-state index contributed by atoms with van der Waals surface area (Å²) in [5.41, 5.74) is -1.34. The zero-order valence-electron chi connectivity index (χ0n) is 22.6. The highest BCUT2D eigenvalue weighted by molar-refractivity contribution is 5.76. The first-order valence-corrected chi connectivity index (χ1v) is 13.3. The maximum atomic E-state index is 13.4. The Hall–Kier alpha value is -1.30. The van der Waals surface area contributed by atoms with E-state index in [1.165, 1.54) is 32.1 Å². The van der Waals surface area contributed by atoms with Crippen molar-refractivity contribution < 1.29 is 19.1 Å². The number of unbranched alkanes of at least 4 members (excludes halogenated alkanes) is 1. The molecule has 1 heterocycles. The number of hydrogen-bond acceptors (Lipinski definition) is 4. The highest BCUT2D eigenvalue weighted by Crippen LogP contribution is 2.39. The number of ether oxygens (including phenoxy) is 2. The van der Waals surface area contributed by atoms with E-state index in [1.807, 2.05) is 44.4 Å². The molecular formula is C27H50N2O4. The average molecular weight is 467 g/mol. The van der Waals surface area contributed by atoms with E-state index in [-0.39, 0.29) is 24.1 Å². The van der Waals surface area contributed by atoms with Crippen molar-refractivity contribution in [3.05, 3.63) is 0 Å². The van der Waals surface area contributed by atoms with Crippen LogP contribution in [-0.4, -0.2) is 58.4 Å². The minimum Gasteiger partial charge on any atom is -0.444 e. The van der Waals surface area contributed by atoms with Crippen molar-refractivity contribution in [1.29, 1.82) is 0 Å². The Morgan fingerprint density at radius 3 is 2.33 bits per heavy atom. The lowest BCUT2D eigenvalue weighted by Gasteiger charge is -2.37. The molecule has 2 amide bonds. The predicted octanol–water partition coefficient (Wildman–Crippen LogP) is 6.37. The molecule has 0 bridgehead atoms. The first kappa shape index (κ1) is 27.9. The molecule has 1 saturated heterocycles. The molecule has 0 spiro atoms. The quantitative estimate of drug-likeness (QED) is 0.396. The van der Waals surface area contributed by atoms with E-state index in [4.69, 9.17) is 9.47 Å². The lowest BCUT2D eigenvalue weighted by atomic mass is 9.83. The molecular weight excluding hydrogens is 416 g/mol. The van der Waals surface area contributed by atoms with E-state index in [9.17, 15) is 9.59 Å². The van der Waals surface area contributed by atoms with Crippen molar-refractivity contribution in [2.45, 2.75) is 137 Å². The van der Waals surface area contributed by atoms with Gasteiger partial charge in [0, 0.05) is 19.5 Å². The van der Waals surface area contributed by atoms with Crippen LogP contribution >= 0.6 is 0 Å². The van der Waals surface area contributed by atoms with Gasteiger partial charge in [0.15, 0.2) is 0 Å². The van der Waals surface area contributed by atoms with Gasteiger partial charge in [-0.2, -0.15) is 0 Å². The largest absolute Gasteiger partial charge is 0.444 e. The molecule has 1 saturated carbocycles. The van der Waals surface area contributed by atoms with Crippen LogP contribution in [0, 0.1) is 11.8 Å². The molecule has 6 nitrogen and oxygen atoms in total. The van der Waals surface area contributed by atoms with E-state index >= 15 is 0 Å². The molecule has 0 aromatic rings. The van der Waals surface area contributed by atoms with Crippen LogP contribution in [0.25, 0.3) is 0 Å². The van der Waals surface area contributed by atoms with Crippen molar-refractivity contribution in [3.63, 3.8) is 0 Å². The molecule has 1 aliphatic heterocycles. The van der Waals surface area contributed by atoms with Gasteiger partial charge < -0.3 is 14.4 Å². The van der Waals surface area contributed by atoms with Crippen LogP contribution in [0.4, 0.5) is 4.79 Å². The van der Waals surface area contributed by atoms with Gasteiger partial charge >= 0.3 is 6.09 Å². The molecule has 6 heteroatoms. The summed E-state index contributed by atoms with van der Waals surface area (Å²) in [5, 5.41) is 0. The number of amides is 2. The van der Waals surface area contributed by atoms with Crippen molar-refractivity contribution in [2.24, 2.45) is 11.8 Å². The summed E-state index contributed by atoms with van der Waals surface area (Å²) < 4.78 is 12.4. The number of rotatable bonds is 9. The summed E-state index contributed by atoms with van der Waals surface area (Å²) in [6.45, 7) is 17.2. The van der Waals surface area contributed by atoms with Crippen LogP contribution < -0.4 is 0 Å². The molecule has 2 atom stereocenters. The minimum atomic E-state index is -0.774. The summed E-state index contributed by atoms with van der Waals surface area (Å²) >= 11 is 0. The summed E-state index contributed by atoms with van der Waals surface area (Å²) in [7, 11) is 0. The third kappa shape index (κ3) is 8.45. The van der Waals surface area contributed by atoms with Crippen molar-refractivity contribution in [2.75, 3.05) is 13.1 Å². The van der Waals surface area contributed by atoms with Gasteiger partial charge in [-0.15, -0.1) is 0 Å². The molecule has 2 rings (SSSR count). The fourth-order valence-corrected chi connectivity index (χ4v) is 5.28. The molecule has 33 heavy (non-hydrogen) atoms. The van der Waals surface area contributed by atoms with Crippen LogP contribution in [0.2, 0.25) is 0 Å². The van der Waals surface area contributed by atoms with Gasteiger partial charge in [0.05, 0.1) is 12.1 Å². The monoisotopic (exact) mass is 466 g/mol. The Labute approximate surface area is 202 Å². The SMILES string of the molecule is CCCCN(C[C@@H]1OC(C)(C)N(C(=O)OC(C)(C)C)[C@H]1CC1CCCCC1)C(=O)CC(C)C. The fourth-order valence-electron chi connectivity index (χ4n) is 5.28. The summed E-state index contributed by atoms with van der Waals surface area (Å²) in [5.74, 6) is 1.09. The lowest BCUT2D eigenvalue weighted by molar-refractivity contribution is -0.135. The van der Waals surface area contributed by atoms with Crippen molar-refractivity contribution >= 4 is 12.0 Å². The predicted molar refractivity (Wildman–Crippen MR) is 133 cm³/mol. The average Bonchev–Trinajstić information content (AvgIpc) is 2.93. The van der Waals surface area contributed by atoms with Gasteiger partial charge in [0.2, 0.25) is 5.91 Å². The van der Waals surface area contributed by atoms with E-state index < -0.39 is 11.3 Å². The number of carbonyl (C=O) groups is 2. The van der Waals surface area contributed by atoms with E-state index in [0.29, 0.717) is 24.8 Å². The van der Waals surface area contributed by atoms with Gasteiger partial charge in [0.1, 0.15) is 11.3 Å². The molecule has 2 fully saturated rings. The molecule has 1 aliphatic carbocycles. The van der Waals surface area contributed by atoms with Crippen LogP contribution in [0.5, 0.6) is 0 Å². The minimum absolute atomic E-state index is 0.0890. The smallest absolute Gasteiger partial charge is 0.412 e. The standard InChI is InChI=1S/C27H50N2O4/c1-9-10-16-28(24(30)17-20(2)3)19-23-22(18-21-14-12-11-13-15-21)29(27(7,8)32-23)25(31)33-26(4,5)6/h20-23H,9-19H2,1-8H3/t22-,23-/m0/s1. The van der Waals surface area contributed by atoms with Gasteiger partial charge in [-0.3, -0.25) is 9.69 Å². The summed E-state index contributed by atoms with van der Waals surface area (Å²) in [4.78, 5) is 30.2. The summed E-state index contributed by atoms with van der Waals surface area (Å²) in [6.07, 6.45) is 9.18. The highest BCUT2D eigenvalue weighted by Gasteiger charge is 2.52. The molecule has 0 radical (unpaired) electrons. The van der Waals surface area contributed by atoms with Crippen molar-refractivity contribution in [3.8, 4) is 0 Å². The third-order valence-corrected chi connectivity index (χ3v) is 6.79. The molecule has 0 unspecified atom stereocenters. The molecule has 0 aromatic heterocycles. The second kappa shape index (κ2) is 11.9. The topological polar surface area (TPSA) is 59.1 Å². The summed E-state index contributed by atoms with van der Waals surface area (Å²) in [6, 6.07) is -0.0890. The number of hydrogen-bond donors (Lipinski definition) is 0. The Morgan fingerprint density at radius 2 is 1.79 bits per heavy atom. The Kier molecular flexibility index (Phi) is 10.1. The fraction of sp³-hybridized carbons (Fsp3) is 0.926. The first-order valence-electron chi connectivity index (χ1n) is 13.3. The molecule has 2 aliphatic rings. The first-order chi connectivity index (χ1) is 15.3. The van der Waals surface area contributed by atoms with Crippen molar-refractivity contribution in [1.82, 2.24) is 9.80 Å². The van der Waals surface area contributed by atoms with Gasteiger partial charge in [-0.1, -0.05) is 59.3 Å². The Morgan fingerprint density at radius 1 is 1.15 bits per heavy atom. The van der Waals surface area contributed by atoms with E-state index in [1.54, 1.807) is 0 Å². The Bertz CT molecular complexity index is 635. The van der Waals surface area contributed by atoms with E-state index in [2.05, 4.69) is 20.8 Å². The normalized spacial score (nSPS) is 23.7. The zero-order valence-corrected chi connectivity index (χ0v) is 22.6.